The number of aromatic nitrogens is 2. The molecule has 2 heteroatoms. The minimum Gasteiger partial charge on any atom is -0.263 e. The number of hydrogen-bond acceptors (Lipinski definition) is 2. The van der Waals surface area contributed by atoms with Crippen molar-refractivity contribution in [1.29, 1.82) is 0 Å². The van der Waals surface area contributed by atoms with Gasteiger partial charge < -0.3 is 0 Å². The van der Waals surface area contributed by atoms with E-state index in [0.717, 1.165) is 21.7 Å². The van der Waals surface area contributed by atoms with Crippen LogP contribution in [0.5, 0.6) is 0 Å². The van der Waals surface area contributed by atoms with E-state index in [4.69, 9.17) is 0 Å². The molecule has 0 fully saturated rings. The molecule has 0 saturated heterocycles. The molecule has 0 N–H and O–H groups in total. The fourth-order valence-corrected chi connectivity index (χ4v) is 1.64. The van der Waals surface area contributed by atoms with Gasteiger partial charge in [0.1, 0.15) is 0 Å². The normalized spacial score (nSPS) is 10.9. The van der Waals surface area contributed by atoms with E-state index in [1.807, 2.05) is 18.3 Å². The molecule has 0 aliphatic rings. The Balaban J connectivity index is 2.61. The van der Waals surface area contributed by atoms with Crippen LogP contribution < -0.4 is 0 Å². The van der Waals surface area contributed by atoms with Gasteiger partial charge in [0.15, 0.2) is 0 Å². The summed E-state index contributed by atoms with van der Waals surface area (Å²) in [5.74, 6) is 0. The summed E-state index contributed by atoms with van der Waals surface area (Å²) in [4.78, 5) is 8.39. The molecule has 2 heterocycles. The van der Waals surface area contributed by atoms with E-state index in [1.165, 1.54) is 0 Å². The molecule has 0 unspecified atom stereocenters. The van der Waals surface area contributed by atoms with Crippen molar-refractivity contribution in [3.63, 3.8) is 0 Å². The number of pyridine rings is 2. The van der Waals surface area contributed by atoms with Crippen molar-refractivity contribution in [3.05, 3.63) is 48.9 Å². The molecule has 0 amide bonds. The van der Waals surface area contributed by atoms with Crippen molar-refractivity contribution >= 4 is 21.7 Å². The first-order valence-corrected chi connectivity index (χ1v) is 4.44. The van der Waals surface area contributed by atoms with Crippen molar-refractivity contribution in [2.45, 2.75) is 0 Å². The van der Waals surface area contributed by atoms with Crippen LogP contribution in [-0.2, 0) is 0 Å². The van der Waals surface area contributed by atoms with Crippen LogP contribution in [0, 0.1) is 6.07 Å². The Kier molecular flexibility index (Phi) is 1.47. The zero-order chi connectivity index (χ0) is 9.38. The molecule has 2 nitrogen and oxygen atoms in total. The van der Waals surface area contributed by atoms with Crippen molar-refractivity contribution in [2.24, 2.45) is 0 Å². The molecule has 2 aromatic heterocycles. The molecule has 1 aromatic carbocycles. The second-order valence-corrected chi connectivity index (χ2v) is 3.16. The van der Waals surface area contributed by atoms with Crippen molar-refractivity contribution in [2.75, 3.05) is 0 Å². The fourth-order valence-electron chi connectivity index (χ4n) is 1.64. The van der Waals surface area contributed by atoms with Crippen LogP contribution in [0.15, 0.2) is 42.9 Å². The molecule has 0 bridgehead atoms. The first-order chi connectivity index (χ1) is 6.95. The van der Waals surface area contributed by atoms with Crippen LogP contribution in [0.25, 0.3) is 21.7 Å². The quantitative estimate of drug-likeness (QED) is 0.496. The second-order valence-electron chi connectivity index (χ2n) is 3.16. The molecule has 14 heavy (non-hydrogen) atoms. The third-order valence-corrected chi connectivity index (χ3v) is 2.30. The zero-order valence-electron chi connectivity index (χ0n) is 7.44. The lowest BCUT2D eigenvalue weighted by atomic mass is 10.1. The maximum absolute atomic E-state index is 4.35. The average Bonchev–Trinajstić information content (AvgIpc) is 2.29. The highest BCUT2D eigenvalue weighted by molar-refractivity contribution is 6.04. The lowest BCUT2D eigenvalue weighted by molar-refractivity contribution is 1.35. The molecule has 0 aliphatic heterocycles. The van der Waals surface area contributed by atoms with Gasteiger partial charge in [-0.25, -0.2) is 0 Å². The van der Waals surface area contributed by atoms with Gasteiger partial charge in [-0.05, 0) is 6.07 Å². The van der Waals surface area contributed by atoms with E-state index in [9.17, 15) is 0 Å². The van der Waals surface area contributed by atoms with Gasteiger partial charge in [-0.2, -0.15) is 0 Å². The van der Waals surface area contributed by atoms with Crippen LogP contribution in [0.1, 0.15) is 0 Å². The predicted molar refractivity (Wildman–Crippen MR) is 55.9 cm³/mol. The van der Waals surface area contributed by atoms with Crippen LogP contribution >= 0.6 is 0 Å². The lowest BCUT2D eigenvalue weighted by Crippen LogP contribution is -1.81. The topological polar surface area (TPSA) is 25.8 Å². The molecular formula is C12H7N2. The van der Waals surface area contributed by atoms with Crippen molar-refractivity contribution in [3.8, 4) is 0 Å². The molecule has 0 atom stereocenters. The number of benzene rings is 1. The number of hydrogen-bond donors (Lipinski definition) is 0. The molecule has 0 spiro atoms. The Morgan fingerprint density at radius 2 is 2.00 bits per heavy atom. The summed E-state index contributed by atoms with van der Waals surface area (Å²) in [7, 11) is 0. The Bertz CT molecular complexity index is 547. The highest BCUT2D eigenvalue weighted by Gasteiger charge is 1.99. The molecule has 0 saturated carbocycles. The maximum Gasteiger partial charge on any atom is 0.0787 e. The monoisotopic (exact) mass is 179 g/mol. The first-order valence-electron chi connectivity index (χ1n) is 4.44. The van der Waals surface area contributed by atoms with Gasteiger partial charge in [-0.15, -0.1) is 0 Å². The van der Waals surface area contributed by atoms with Gasteiger partial charge in [0, 0.05) is 40.8 Å². The van der Waals surface area contributed by atoms with Gasteiger partial charge in [-0.1, -0.05) is 18.2 Å². The Hall–Kier alpha value is -1.96. The largest absolute Gasteiger partial charge is 0.263 e. The second kappa shape index (κ2) is 2.77. The highest BCUT2D eigenvalue weighted by atomic mass is 14.7. The summed E-state index contributed by atoms with van der Waals surface area (Å²) in [6.45, 7) is 0. The number of fused-ring (bicyclic) bond motifs is 3. The fraction of sp³-hybridized carbons (Fsp3) is 0. The summed E-state index contributed by atoms with van der Waals surface area (Å²) in [5, 5.41) is 3.26. The zero-order valence-corrected chi connectivity index (χ0v) is 7.44. The predicted octanol–water partition coefficient (Wildman–Crippen LogP) is 2.58. The van der Waals surface area contributed by atoms with Gasteiger partial charge >= 0.3 is 0 Å². The van der Waals surface area contributed by atoms with Crippen LogP contribution in [0.4, 0.5) is 0 Å². The van der Waals surface area contributed by atoms with Gasteiger partial charge in [0.2, 0.25) is 0 Å². The van der Waals surface area contributed by atoms with Crippen molar-refractivity contribution < 1.29 is 0 Å². The van der Waals surface area contributed by atoms with E-state index in [1.54, 1.807) is 12.4 Å². The van der Waals surface area contributed by atoms with Crippen molar-refractivity contribution in [1.82, 2.24) is 9.97 Å². The smallest absolute Gasteiger partial charge is 0.0787 e. The molecule has 3 rings (SSSR count). The third kappa shape index (κ3) is 0.973. The summed E-state index contributed by atoms with van der Waals surface area (Å²) < 4.78 is 0. The first kappa shape index (κ1) is 7.44. The van der Waals surface area contributed by atoms with Gasteiger partial charge in [0.05, 0.1) is 5.52 Å². The van der Waals surface area contributed by atoms with E-state index in [2.05, 4.69) is 28.2 Å². The summed E-state index contributed by atoms with van der Waals surface area (Å²) in [5.41, 5.74) is 0.993. The minimum absolute atomic E-state index is 0.993. The lowest BCUT2D eigenvalue weighted by Gasteiger charge is -2.00. The van der Waals surface area contributed by atoms with E-state index in [0.29, 0.717) is 0 Å². The third-order valence-electron chi connectivity index (χ3n) is 2.30. The molecule has 3 aromatic rings. The molecular weight excluding hydrogens is 172 g/mol. The summed E-state index contributed by atoms with van der Waals surface area (Å²) in [6.07, 6.45) is 5.31. The summed E-state index contributed by atoms with van der Waals surface area (Å²) >= 11 is 0. The number of rotatable bonds is 0. The number of nitrogens with zero attached hydrogens (tertiary/aromatic N) is 2. The average molecular weight is 179 g/mol. The van der Waals surface area contributed by atoms with Crippen LogP contribution in [-0.4, -0.2) is 9.97 Å². The van der Waals surface area contributed by atoms with E-state index >= 15 is 0 Å². The van der Waals surface area contributed by atoms with Gasteiger partial charge in [-0.3, -0.25) is 9.97 Å². The van der Waals surface area contributed by atoms with E-state index in [-0.39, 0.29) is 0 Å². The standard InChI is InChI=1S/C12H7N2/c1-2-9-3-4-10-8-13-7-5-11(10)12(9)14-6-1/h1-4,6-8H. The molecule has 1 radical (unpaired) electrons. The van der Waals surface area contributed by atoms with Crippen LogP contribution in [0.2, 0.25) is 0 Å². The van der Waals surface area contributed by atoms with Gasteiger partial charge in [0.25, 0.3) is 0 Å². The van der Waals surface area contributed by atoms with E-state index < -0.39 is 0 Å². The SMILES string of the molecule is [c]1cncc2ccc3cccnc3c12. The summed E-state index contributed by atoms with van der Waals surface area (Å²) in [6, 6.07) is 11.2. The maximum atomic E-state index is 4.35. The van der Waals surface area contributed by atoms with Crippen LogP contribution in [0.3, 0.4) is 0 Å². The minimum atomic E-state index is 0.993. The Morgan fingerprint density at radius 3 is 3.00 bits per heavy atom. The Morgan fingerprint density at radius 1 is 1.07 bits per heavy atom. The molecule has 0 aliphatic carbocycles. The highest BCUT2D eigenvalue weighted by Crippen LogP contribution is 2.21. The Labute approximate surface area is 81.2 Å². The molecule has 65 valence electrons.